The van der Waals surface area contributed by atoms with Crippen molar-refractivity contribution in [2.45, 2.75) is 6.92 Å². The molecule has 1 N–H and O–H groups in total. The molecule has 0 unspecified atom stereocenters. The first-order chi connectivity index (χ1) is 6.09. The molecule has 1 amide bonds. The van der Waals surface area contributed by atoms with Crippen molar-refractivity contribution < 1.29 is 4.79 Å². The van der Waals surface area contributed by atoms with Gasteiger partial charge in [0.2, 0.25) is 0 Å². The normalized spacial score (nSPS) is 9.38. The molecule has 2 nitrogen and oxygen atoms in total. The van der Waals surface area contributed by atoms with Gasteiger partial charge >= 0.3 is 0 Å². The van der Waals surface area contributed by atoms with E-state index in [4.69, 9.17) is 12.2 Å². The summed E-state index contributed by atoms with van der Waals surface area (Å²) in [5.74, 6) is -0.167. The first-order valence-electron chi connectivity index (χ1n) is 3.67. The number of halogens is 1. The van der Waals surface area contributed by atoms with Crippen LogP contribution in [0.25, 0.3) is 0 Å². The standard InChI is InChI=1S/C9H8BrNOS/c1-6(13)11-9(12)7-2-4-8(10)5-3-7/h2-5H,1H3,(H,11,12,13). The summed E-state index contributed by atoms with van der Waals surface area (Å²) in [7, 11) is 0. The van der Waals surface area contributed by atoms with Crippen LogP contribution in [0.2, 0.25) is 0 Å². The van der Waals surface area contributed by atoms with Crippen molar-refractivity contribution in [3.05, 3.63) is 34.3 Å². The molecule has 68 valence electrons. The van der Waals surface area contributed by atoms with E-state index in [0.29, 0.717) is 10.6 Å². The van der Waals surface area contributed by atoms with Crippen LogP contribution >= 0.6 is 28.1 Å². The van der Waals surface area contributed by atoms with Crippen molar-refractivity contribution in [2.75, 3.05) is 0 Å². The van der Waals surface area contributed by atoms with Gasteiger partial charge in [-0.1, -0.05) is 28.1 Å². The lowest BCUT2D eigenvalue weighted by atomic mass is 10.2. The molecular weight excluding hydrogens is 250 g/mol. The van der Waals surface area contributed by atoms with Crippen molar-refractivity contribution in [1.29, 1.82) is 0 Å². The zero-order valence-electron chi connectivity index (χ0n) is 7.00. The number of carbonyl (C=O) groups is 1. The van der Waals surface area contributed by atoms with Crippen LogP contribution in [0.15, 0.2) is 28.7 Å². The smallest absolute Gasteiger partial charge is 0.256 e. The van der Waals surface area contributed by atoms with Gasteiger partial charge in [0.1, 0.15) is 0 Å². The predicted octanol–water partition coefficient (Wildman–Crippen LogP) is 2.53. The van der Waals surface area contributed by atoms with Crippen LogP contribution in [0.4, 0.5) is 0 Å². The molecule has 0 fully saturated rings. The van der Waals surface area contributed by atoms with Crippen LogP contribution in [-0.2, 0) is 0 Å². The Labute approximate surface area is 90.5 Å². The van der Waals surface area contributed by atoms with Crippen LogP contribution < -0.4 is 5.32 Å². The number of hydrogen-bond acceptors (Lipinski definition) is 2. The minimum absolute atomic E-state index is 0.167. The van der Waals surface area contributed by atoms with Crippen LogP contribution in [0.1, 0.15) is 17.3 Å². The molecule has 0 aliphatic heterocycles. The second kappa shape index (κ2) is 4.48. The third-order valence-corrected chi connectivity index (χ3v) is 2.03. The average Bonchev–Trinajstić information content (AvgIpc) is 2.04. The average molecular weight is 258 g/mol. The van der Waals surface area contributed by atoms with E-state index in [1.807, 2.05) is 12.1 Å². The lowest BCUT2D eigenvalue weighted by molar-refractivity contribution is 0.0977. The van der Waals surface area contributed by atoms with Gasteiger partial charge in [-0.3, -0.25) is 4.79 Å². The fraction of sp³-hybridized carbons (Fsp3) is 0.111. The molecule has 0 aliphatic rings. The van der Waals surface area contributed by atoms with Gasteiger partial charge in [-0.05, 0) is 31.2 Å². The highest BCUT2D eigenvalue weighted by Crippen LogP contribution is 2.10. The summed E-state index contributed by atoms with van der Waals surface area (Å²) in [5, 5.41) is 2.56. The highest BCUT2D eigenvalue weighted by atomic mass is 79.9. The Morgan fingerprint density at radius 2 is 1.92 bits per heavy atom. The van der Waals surface area contributed by atoms with E-state index in [1.54, 1.807) is 19.1 Å². The molecule has 0 atom stereocenters. The summed E-state index contributed by atoms with van der Waals surface area (Å²) in [6.45, 7) is 1.67. The summed E-state index contributed by atoms with van der Waals surface area (Å²) in [4.78, 5) is 11.8. The third kappa shape index (κ3) is 3.24. The first kappa shape index (κ1) is 10.3. The van der Waals surface area contributed by atoms with Gasteiger partial charge in [0.25, 0.3) is 5.91 Å². The molecule has 0 heterocycles. The minimum atomic E-state index is -0.167. The highest BCUT2D eigenvalue weighted by Gasteiger charge is 2.03. The Morgan fingerprint density at radius 1 is 1.38 bits per heavy atom. The Morgan fingerprint density at radius 3 is 2.38 bits per heavy atom. The molecule has 0 spiro atoms. The van der Waals surface area contributed by atoms with Gasteiger partial charge in [-0.2, -0.15) is 0 Å². The summed E-state index contributed by atoms with van der Waals surface area (Å²) in [6.07, 6.45) is 0. The minimum Gasteiger partial charge on any atom is -0.317 e. The molecule has 1 aromatic rings. The summed E-state index contributed by atoms with van der Waals surface area (Å²) in [6, 6.07) is 7.09. The number of benzene rings is 1. The summed E-state index contributed by atoms with van der Waals surface area (Å²) < 4.78 is 0.947. The second-order valence-corrected chi connectivity index (χ2v) is 4.05. The van der Waals surface area contributed by atoms with E-state index in [1.165, 1.54) is 0 Å². The molecule has 13 heavy (non-hydrogen) atoms. The molecular formula is C9H8BrNOS. The molecule has 0 bridgehead atoms. The number of nitrogens with one attached hydrogen (secondary N) is 1. The molecule has 0 aliphatic carbocycles. The Bertz CT molecular complexity index is 334. The summed E-state index contributed by atoms with van der Waals surface area (Å²) >= 11 is 8.04. The summed E-state index contributed by atoms with van der Waals surface area (Å²) in [5.41, 5.74) is 0.604. The SMILES string of the molecule is CC(=S)NC(=O)c1ccc(Br)cc1. The zero-order chi connectivity index (χ0) is 9.84. The molecule has 4 heteroatoms. The van der Waals surface area contributed by atoms with E-state index in [-0.39, 0.29) is 5.91 Å². The van der Waals surface area contributed by atoms with Crippen molar-refractivity contribution in [2.24, 2.45) is 0 Å². The van der Waals surface area contributed by atoms with Crippen LogP contribution in [0, 0.1) is 0 Å². The fourth-order valence-corrected chi connectivity index (χ4v) is 1.19. The van der Waals surface area contributed by atoms with E-state index in [0.717, 1.165) is 4.47 Å². The van der Waals surface area contributed by atoms with Crippen LogP contribution in [-0.4, -0.2) is 10.9 Å². The maximum atomic E-state index is 11.4. The van der Waals surface area contributed by atoms with Gasteiger partial charge in [0.05, 0.1) is 4.99 Å². The molecule has 0 saturated carbocycles. The maximum Gasteiger partial charge on any atom is 0.256 e. The first-order valence-corrected chi connectivity index (χ1v) is 4.87. The number of amides is 1. The molecule has 0 aromatic heterocycles. The van der Waals surface area contributed by atoms with Gasteiger partial charge in [-0.25, -0.2) is 0 Å². The topological polar surface area (TPSA) is 29.1 Å². The Kier molecular flexibility index (Phi) is 3.57. The molecule has 0 saturated heterocycles. The fourth-order valence-electron chi connectivity index (χ4n) is 0.833. The van der Waals surface area contributed by atoms with Crippen LogP contribution in [0.5, 0.6) is 0 Å². The van der Waals surface area contributed by atoms with Gasteiger partial charge < -0.3 is 5.32 Å². The number of hydrogen-bond donors (Lipinski definition) is 1. The largest absolute Gasteiger partial charge is 0.317 e. The number of rotatable bonds is 1. The number of thiocarbonyl (C=S) groups is 1. The molecule has 0 radical (unpaired) electrons. The van der Waals surface area contributed by atoms with E-state index in [2.05, 4.69) is 21.2 Å². The molecule has 1 rings (SSSR count). The highest BCUT2D eigenvalue weighted by molar-refractivity contribution is 9.10. The quantitative estimate of drug-likeness (QED) is 0.784. The third-order valence-electron chi connectivity index (χ3n) is 1.40. The predicted molar refractivity (Wildman–Crippen MR) is 59.9 cm³/mol. The van der Waals surface area contributed by atoms with Crippen molar-refractivity contribution >= 4 is 39.0 Å². The Hall–Kier alpha value is -0.740. The monoisotopic (exact) mass is 257 g/mol. The maximum absolute atomic E-state index is 11.4. The molecule has 1 aromatic carbocycles. The number of carbonyl (C=O) groups excluding carboxylic acids is 1. The lowest BCUT2D eigenvalue weighted by Gasteiger charge is -2.01. The van der Waals surface area contributed by atoms with Gasteiger partial charge in [0.15, 0.2) is 0 Å². The second-order valence-electron chi connectivity index (χ2n) is 2.52. The van der Waals surface area contributed by atoms with Gasteiger partial charge in [-0.15, -0.1) is 0 Å². The van der Waals surface area contributed by atoms with Crippen LogP contribution in [0.3, 0.4) is 0 Å². The van der Waals surface area contributed by atoms with E-state index >= 15 is 0 Å². The zero-order valence-corrected chi connectivity index (χ0v) is 9.41. The van der Waals surface area contributed by atoms with Crippen molar-refractivity contribution in [3.63, 3.8) is 0 Å². The van der Waals surface area contributed by atoms with E-state index in [9.17, 15) is 4.79 Å². The van der Waals surface area contributed by atoms with Crippen molar-refractivity contribution in [3.8, 4) is 0 Å². The van der Waals surface area contributed by atoms with Crippen molar-refractivity contribution in [1.82, 2.24) is 5.32 Å². The van der Waals surface area contributed by atoms with E-state index < -0.39 is 0 Å². The van der Waals surface area contributed by atoms with Gasteiger partial charge in [0, 0.05) is 10.0 Å². The lowest BCUT2D eigenvalue weighted by Crippen LogP contribution is -2.26. The Balaban J connectivity index is 2.78.